The smallest absolute Gasteiger partial charge is 0.326 e. The van der Waals surface area contributed by atoms with E-state index in [1.807, 2.05) is 17.2 Å². The molecule has 1 aromatic carbocycles. The molecule has 1 unspecified atom stereocenters. The highest BCUT2D eigenvalue weighted by Gasteiger charge is 2.30. The van der Waals surface area contributed by atoms with Crippen molar-refractivity contribution < 1.29 is 9.90 Å². The number of piperidine rings is 1. The van der Waals surface area contributed by atoms with Crippen molar-refractivity contribution in [3.63, 3.8) is 0 Å². The summed E-state index contributed by atoms with van der Waals surface area (Å²) in [4.78, 5) is 19.2. The molecule has 20 heavy (non-hydrogen) atoms. The van der Waals surface area contributed by atoms with Gasteiger partial charge < -0.3 is 10.0 Å². The molecular weight excluding hydrogens is 292 g/mol. The summed E-state index contributed by atoms with van der Waals surface area (Å²) in [5.41, 5.74) is 0.995. The van der Waals surface area contributed by atoms with E-state index in [0.717, 1.165) is 39.6 Å². The second-order valence-electron chi connectivity index (χ2n) is 4.85. The van der Waals surface area contributed by atoms with Gasteiger partial charge in [-0.15, -0.1) is 11.8 Å². The molecule has 1 aliphatic heterocycles. The van der Waals surface area contributed by atoms with Crippen molar-refractivity contribution in [2.75, 3.05) is 17.7 Å². The van der Waals surface area contributed by atoms with Crippen LogP contribution in [-0.4, -0.2) is 34.9 Å². The van der Waals surface area contributed by atoms with Crippen LogP contribution < -0.4 is 4.90 Å². The van der Waals surface area contributed by atoms with E-state index < -0.39 is 12.0 Å². The van der Waals surface area contributed by atoms with Crippen LogP contribution in [0.4, 0.5) is 5.13 Å². The van der Waals surface area contributed by atoms with Crippen molar-refractivity contribution in [1.82, 2.24) is 4.98 Å². The van der Waals surface area contributed by atoms with Crippen molar-refractivity contribution in [2.45, 2.75) is 30.2 Å². The molecule has 0 radical (unpaired) electrons. The van der Waals surface area contributed by atoms with E-state index in [1.54, 1.807) is 23.1 Å². The number of rotatable bonds is 3. The molecule has 0 saturated carbocycles. The number of hydrogen-bond acceptors (Lipinski definition) is 5. The quantitative estimate of drug-likeness (QED) is 0.880. The number of benzene rings is 1. The van der Waals surface area contributed by atoms with Gasteiger partial charge in [0.15, 0.2) is 5.13 Å². The molecule has 1 aromatic heterocycles. The molecule has 2 heterocycles. The lowest BCUT2D eigenvalue weighted by Crippen LogP contribution is -2.44. The Kier molecular flexibility index (Phi) is 3.85. The SMILES string of the molecule is CSc1cccc2sc(N3CCCCC3C(=O)O)nc12. The third kappa shape index (κ3) is 2.38. The second kappa shape index (κ2) is 5.61. The number of carbonyl (C=O) groups is 1. The first-order chi connectivity index (χ1) is 9.70. The van der Waals surface area contributed by atoms with E-state index in [9.17, 15) is 9.90 Å². The minimum Gasteiger partial charge on any atom is -0.480 e. The maximum Gasteiger partial charge on any atom is 0.326 e. The van der Waals surface area contributed by atoms with Crippen LogP contribution in [0.25, 0.3) is 10.2 Å². The molecular formula is C14H16N2O2S2. The summed E-state index contributed by atoms with van der Waals surface area (Å²) in [7, 11) is 0. The summed E-state index contributed by atoms with van der Waals surface area (Å²) in [6, 6.07) is 5.71. The van der Waals surface area contributed by atoms with Gasteiger partial charge in [-0.3, -0.25) is 0 Å². The summed E-state index contributed by atoms with van der Waals surface area (Å²) in [5, 5.41) is 10.2. The molecule has 3 rings (SSSR count). The molecule has 1 atom stereocenters. The summed E-state index contributed by atoms with van der Waals surface area (Å²) in [5.74, 6) is -0.742. The topological polar surface area (TPSA) is 53.4 Å². The van der Waals surface area contributed by atoms with Crippen LogP contribution in [-0.2, 0) is 4.79 Å². The number of anilines is 1. The molecule has 0 amide bonds. The van der Waals surface area contributed by atoms with E-state index in [1.165, 1.54) is 0 Å². The molecule has 0 spiro atoms. The van der Waals surface area contributed by atoms with Crippen molar-refractivity contribution in [2.24, 2.45) is 0 Å². The fraction of sp³-hybridized carbons (Fsp3) is 0.429. The molecule has 2 aromatic rings. The maximum absolute atomic E-state index is 11.4. The van der Waals surface area contributed by atoms with Gasteiger partial charge >= 0.3 is 5.97 Å². The maximum atomic E-state index is 11.4. The van der Waals surface area contributed by atoms with Crippen molar-refractivity contribution >= 4 is 44.4 Å². The molecule has 1 saturated heterocycles. The number of carboxylic acid groups (broad SMARTS) is 1. The number of aromatic nitrogens is 1. The predicted octanol–water partition coefficient (Wildman–Crippen LogP) is 3.46. The molecule has 106 valence electrons. The molecule has 0 bridgehead atoms. The Hall–Kier alpha value is -1.27. The third-order valence-corrected chi connectivity index (χ3v) is 5.45. The molecule has 1 aliphatic rings. The van der Waals surface area contributed by atoms with Crippen LogP contribution in [0.5, 0.6) is 0 Å². The van der Waals surface area contributed by atoms with Crippen LogP contribution in [0.2, 0.25) is 0 Å². The van der Waals surface area contributed by atoms with E-state index >= 15 is 0 Å². The zero-order chi connectivity index (χ0) is 14.1. The molecule has 1 N–H and O–H groups in total. The Morgan fingerprint density at radius 3 is 3.10 bits per heavy atom. The number of para-hydroxylation sites is 1. The number of aliphatic carboxylic acids is 1. The van der Waals surface area contributed by atoms with Crippen LogP contribution in [0.3, 0.4) is 0 Å². The fourth-order valence-corrected chi connectivity index (χ4v) is 4.31. The summed E-state index contributed by atoms with van der Waals surface area (Å²) >= 11 is 3.27. The van der Waals surface area contributed by atoms with Crippen LogP contribution >= 0.6 is 23.1 Å². The monoisotopic (exact) mass is 308 g/mol. The molecule has 6 heteroatoms. The number of carboxylic acids is 1. The third-order valence-electron chi connectivity index (χ3n) is 3.62. The average Bonchev–Trinajstić information content (AvgIpc) is 2.90. The van der Waals surface area contributed by atoms with E-state index in [4.69, 9.17) is 4.98 Å². The van der Waals surface area contributed by atoms with Gasteiger partial charge in [-0.25, -0.2) is 9.78 Å². The fourth-order valence-electron chi connectivity index (χ4n) is 2.62. The Morgan fingerprint density at radius 1 is 1.50 bits per heavy atom. The number of hydrogen-bond donors (Lipinski definition) is 1. The Labute approximate surface area is 125 Å². The first-order valence-electron chi connectivity index (χ1n) is 6.63. The normalized spacial score (nSPS) is 19.4. The van der Waals surface area contributed by atoms with Crippen molar-refractivity contribution in [3.05, 3.63) is 18.2 Å². The Morgan fingerprint density at radius 2 is 2.35 bits per heavy atom. The number of thiazole rings is 1. The first kappa shape index (κ1) is 13.7. The lowest BCUT2D eigenvalue weighted by Gasteiger charge is -2.32. The van der Waals surface area contributed by atoms with Gasteiger partial charge in [-0.2, -0.15) is 0 Å². The van der Waals surface area contributed by atoms with Gasteiger partial charge in [0.05, 0.1) is 10.2 Å². The summed E-state index contributed by atoms with van der Waals surface area (Å²) in [6.07, 6.45) is 4.76. The van der Waals surface area contributed by atoms with Crippen LogP contribution in [0, 0.1) is 0 Å². The highest BCUT2D eigenvalue weighted by Crippen LogP contribution is 2.36. The highest BCUT2D eigenvalue weighted by atomic mass is 32.2. The van der Waals surface area contributed by atoms with Gasteiger partial charge in [0.25, 0.3) is 0 Å². The summed E-state index contributed by atoms with van der Waals surface area (Å²) < 4.78 is 1.13. The molecule has 1 fully saturated rings. The van der Waals surface area contributed by atoms with Crippen LogP contribution in [0.1, 0.15) is 19.3 Å². The number of fused-ring (bicyclic) bond motifs is 1. The van der Waals surface area contributed by atoms with E-state index in [2.05, 4.69) is 12.1 Å². The van der Waals surface area contributed by atoms with Gasteiger partial charge in [-0.05, 0) is 37.7 Å². The van der Waals surface area contributed by atoms with E-state index in [0.29, 0.717) is 6.42 Å². The van der Waals surface area contributed by atoms with Gasteiger partial charge in [-0.1, -0.05) is 17.4 Å². The summed E-state index contributed by atoms with van der Waals surface area (Å²) in [6.45, 7) is 0.783. The van der Waals surface area contributed by atoms with Gasteiger partial charge in [0.1, 0.15) is 6.04 Å². The van der Waals surface area contributed by atoms with Gasteiger partial charge in [0, 0.05) is 11.4 Å². The first-order valence-corrected chi connectivity index (χ1v) is 8.68. The number of nitrogens with zero attached hydrogens (tertiary/aromatic N) is 2. The Bertz CT molecular complexity index is 641. The lowest BCUT2D eigenvalue weighted by molar-refractivity contribution is -0.139. The Balaban J connectivity index is 2.02. The van der Waals surface area contributed by atoms with Crippen molar-refractivity contribution in [1.29, 1.82) is 0 Å². The zero-order valence-electron chi connectivity index (χ0n) is 11.2. The number of thioether (sulfide) groups is 1. The predicted molar refractivity (Wildman–Crippen MR) is 84.0 cm³/mol. The molecule has 4 nitrogen and oxygen atoms in total. The second-order valence-corrected chi connectivity index (χ2v) is 6.70. The standard InChI is InChI=1S/C14H16N2O2S2/c1-19-10-6-4-7-11-12(10)15-14(20-11)16-8-3-2-5-9(16)13(17)18/h4,6-7,9H,2-3,5,8H2,1H3,(H,17,18). The van der Waals surface area contributed by atoms with Crippen LogP contribution in [0.15, 0.2) is 23.1 Å². The average molecular weight is 308 g/mol. The minimum atomic E-state index is -0.742. The highest BCUT2D eigenvalue weighted by molar-refractivity contribution is 7.98. The molecule has 0 aliphatic carbocycles. The largest absolute Gasteiger partial charge is 0.480 e. The lowest BCUT2D eigenvalue weighted by atomic mass is 10.0. The van der Waals surface area contributed by atoms with E-state index in [-0.39, 0.29) is 0 Å². The van der Waals surface area contributed by atoms with Crippen molar-refractivity contribution in [3.8, 4) is 0 Å². The van der Waals surface area contributed by atoms with Gasteiger partial charge in [0.2, 0.25) is 0 Å². The minimum absolute atomic E-state index is 0.429. The zero-order valence-corrected chi connectivity index (χ0v) is 12.8.